The second kappa shape index (κ2) is 6.19. The maximum absolute atomic E-state index is 5.05. The summed E-state index contributed by atoms with van der Waals surface area (Å²) in [6, 6.07) is 0. The summed E-state index contributed by atoms with van der Waals surface area (Å²) in [4.78, 5) is 4.38. The summed E-state index contributed by atoms with van der Waals surface area (Å²) in [5.74, 6) is 1.07. The lowest BCUT2D eigenvalue weighted by atomic mass is 10.2. The number of aryl methyl sites for hydroxylation is 3. The van der Waals surface area contributed by atoms with Crippen LogP contribution in [0.1, 0.15) is 22.6 Å². The highest BCUT2D eigenvalue weighted by atomic mass is 16.5. The van der Waals surface area contributed by atoms with Crippen LogP contribution in [-0.4, -0.2) is 39.6 Å². The smallest absolute Gasteiger partial charge is 0.140 e. The molecule has 0 fully saturated rings. The number of rotatable bonds is 6. The summed E-state index contributed by atoms with van der Waals surface area (Å²) in [5, 5.41) is 7.91. The van der Waals surface area contributed by atoms with Gasteiger partial charge in [-0.2, -0.15) is 5.10 Å². The van der Waals surface area contributed by atoms with Crippen molar-refractivity contribution in [3.63, 3.8) is 0 Å². The molecule has 0 aromatic carbocycles. The molecule has 2 rings (SSSR count). The Kier molecular flexibility index (Phi) is 4.57. The van der Waals surface area contributed by atoms with Crippen molar-refractivity contribution in [2.75, 3.05) is 20.3 Å². The maximum Gasteiger partial charge on any atom is 0.140 e. The lowest BCUT2D eigenvalue weighted by molar-refractivity contribution is 0.199. The Morgan fingerprint density at radius 1 is 1.25 bits per heavy atom. The molecule has 110 valence electrons. The Bertz CT molecular complexity index is 585. The highest BCUT2D eigenvalue weighted by Gasteiger charge is 2.16. The molecule has 0 spiro atoms. The number of nitrogens with one attached hydrogen (secondary N) is 1. The first kappa shape index (κ1) is 14.7. The standard InChI is InChI=1S/C14H23N5O/c1-10-12(3)19(9-16-10)14-13(8-15-6-7-20-5)11(2)17-18(14)4/h9,15H,6-8H2,1-5H3. The quantitative estimate of drug-likeness (QED) is 0.808. The lowest BCUT2D eigenvalue weighted by Crippen LogP contribution is -2.20. The van der Waals surface area contributed by atoms with Gasteiger partial charge < -0.3 is 10.1 Å². The molecule has 0 aliphatic heterocycles. The second-order valence-corrected chi connectivity index (χ2v) is 4.97. The van der Waals surface area contributed by atoms with E-state index >= 15 is 0 Å². The summed E-state index contributed by atoms with van der Waals surface area (Å²) in [6.07, 6.45) is 1.86. The van der Waals surface area contributed by atoms with Crippen LogP contribution in [0.3, 0.4) is 0 Å². The zero-order chi connectivity index (χ0) is 14.7. The molecule has 0 aliphatic rings. The van der Waals surface area contributed by atoms with Gasteiger partial charge in [0.15, 0.2) is 0 Å². The van der Waals surface area contributed by atoms with Crippen molar-refractivity contribution in [2.45, 2.75) is 27.3 Å². The van der Waals surface area contributed by atoms with Gasteiger partial charge >= 0.3 is 0 Å². The molecule has 1 N–H and O–H groups in total. The molecular formula is C14H23N5O. The van der Waals surface area contributed by atoms with E-state index < -0.39 is 0 Å². The summed E-state index contributed by atoms with van der Waals surface area (Å²) >= 11 is 0. The van der Waals surface area contributed by atoms with Crippen LogP contribution in [0.25, 0.3) is 5.82 Å². The minimum atomic E-state index is 0.706. The second-order valence-electron chi connectivity index (χ2n) is 4.97. The Morgan fingerprint density at radius 3 is 2.60 bits per heavy atom. The molecule has 6 nitrogen and oxygen atoms in total. The molecular weight excluding hydrogens is 254 g/mol. The molecule has 0 radical (unpaired) electrons. The van der Waals surface area contributed by atoms with Crippen LogP contribution in [0.15, 0.2) is 6.33 Å². The Morgan fingerprint density at radius 2 is 2.00 bits per heavy atom. The van der Waals surface area contributed by atoms with Crippen molar-refractivity contribution in [2.24, 2.45) is 7.05 Å². The van der Waals surface area contributed by atoms with Gasteiger partial charge in [-0.25, -0.2) is 4.98 Å². The molecule has 2 aromatic rings. The van der Waals surface area contributed by atoms with Gasteiger partial charge in [-0.05, 0) is 20.8 Å². The molecule has 20 heavy (non-hydrogen) atoms. The average Bonchev–Trinajstić information content (AvgIpc) is 2.87. The van der Waals surface area contributed by atoms with E-state index in [-0.39, 0.29) is 0 Å². The van der Waals surface area contributed by atoms with Crippen molar-refractivity contribution >= 4 is 0 Å². The van der Waals surface area contributed by atoms with Gasteiger partial charge in [0.05, 0.1) is 18.0 Å². The predicted molar refractivity (Wildman–Crippen MR) is 78.1 cm³/mol. The van der Waals surface area contributed by atoms with E-state index in [0.29, 0.717) is 6.61 Å². The van der Waals surface area contributed by atoms with Gasteiger partial charge in [0.25, 0.3) is 0 Å². The van der Waals surface area contributed by atoms with Crippen LogP contribution in [0.2, 0.25) is 0 Å². The third kappa shape index (κ3) is 2.76. The topological polar surface area (TPSA) is 56.9 Å². The summed E-state index contributed by atoms with van der Waals surface area (Å²) < 4.78 is 9.07. The normalized spacial score (nSPS) is 11.2. The summed E-state index contributed by atoms with van der Waals surface area (Å²) in [7, 11) is 3.68. The maximum atomic E-state index is 5.05. The molecule has 2 aromatic heterocycles. The Balaban J connectivity index is 2.30. The van der Waals surface area contributed by atoms with Crippen molar-refractivity contribution in [3.05, 3.63) is 29.0 Å². The number of ether oxygens (including phenoxy) is 1. The lowest BCUT2D eigenvalue weighted by Gasteiger charge is -2.10. The van der Waals surface area contributed by atoms with E-state index in [4.69, 9.17) is 4.74 Å². The molecule has 0 aliphatic carbocycles. The number of nitrogens with zero attached hydrogens (tertiary/aromatic N) is 4. The van der Waals surface area contributed by atoms with Crippen LogP contribution in [0, 0.1) is 20.8 Å². The number of hydrogen-bond acceptors (Lipinski definition) is 4. The highest BCUT2D eigenvalue weighted by Crippen LogP contribution is 2.20. The third-order valence-electron chi connectivity index (χ3n) is 3.58. The van der Waals surface area contributed by atoms with Gasteiger partial charge in [0.2, 0.25) is 0 Å². The highest BCUT2D eigenvalue weighted by molar-refractivity contribution is 5.40. The summed E-state index contributed by atoms with van der Waals surface area (Å²) in [5.41, 5.74) is 4.43. The van der Waals surface area contributed by atoms with E-state index in [1.807, 2.05) is 31.9 Å². The molecule has 0 amide bonds. The van der Waals surface area contributed by atoms with Gasteiger partial charge in [0.1, 0.15) is 12.1 Å². The Hall–Kier alpha value is -1.66. The molecule has 0 bridgehead atoms. The van der Waals surface area contributed by atoms with E-state index in [2.05, 4.69) is 26.9 Å². The van der Waals surface area contributed by atoms with Crippen molar-refractivity contribution in [1.29, 1.82) is 0 Å². The first-order valence-electron chi connectivity index (χ1n) is 6.79. The number of imidazole rings is 1. The molecule has 0 unspecified atom stereocenters. The Labute approximate surface area is 119 Å². The van der Waals surface area contributed by atoms with Gasteiger partial charge in [0, 0.05) is 38.5 Å². The fraction of sp³-hybridized carbons (Fsp3) is 0.571. The molecule has 0 atom stereocenters. The first-order valence-corrected chi connectivity index (χ1v) is 6.79. The largest absolute Gasteiger partial charge is 0.383 e. The average molecular weight is 277 g/mol. The predicted octanol–water partition coefficient (Wildman–Crippen LogP) is 1.27. The fourth-order valence-electron chi connectivity index (χ4n) is 2.30. The van der Waals surface area contributed by atoms with Gasteiger partial charge in [-0.1, -0.05) is 0 Å². The van der Waals surface area contributed by atoms with Gasteiger partial charge in [-0.3, -0.25) is 9.25 Å². The van der Waals surface area contributed by atoms with E-state index in [1.54, 1.807) is 7.11 Å². The van der Waals surface area contributed by atoms with Crippen molar-refractivity contribution in [3.8, 4) is 5.82 Å². The monoisotopic (exact) mass is 277 g/mol. The minimum absolute atomic E-state index is 0.706. The molecule has 0 saturated heterocycles. The molecule has 0 saturated carbocycles. The van der Waals surface area contributed by atoms with Gasteiger partial charge in [-0.15, -0.1) is 0 Å². The van der Waals surface area contributed by atoms with Crippen molar-refractivity contribution < 1.29 is 4.74 Å². The number of aromatic nitrogens is 4. The van der Waals surface area contributed by atoms with Crippen LogP contribution in [-0.2, 0) is 18.3 Å². The minimum Gasteiger partial charge on any atom is -0.383 e. The van der Waals surface area contributed by atoms with Crippen molar-refractivity contribution in [1.82, 2.24) is 24.6 Å². The molecule has 2 heterocycles. The first-order chi connectivity index (χ1) is 9.56. The van der Waals surface area contributed by atoms with Crippen LogP contribution >= 0.6 is 0 Å². The fourth-order valence-corrected chi connectivity index (χ4v) is 2.30. The van der Waals surface area contributed by atoms with E-state index in [9.17, 15) is 0 Å². The van der Waals surface area contributed by atoms with Crippen LogP contribution < -0.4 is 5.32 Å². The third-order valence-corrected chi connectivity index (χ3v) is 3.58. The van der Waals surface area contributed by atoms with E-state index in [0.717, 1.165) is 36.0 Å². The molecule has 6 heteroatoms. The van der Waals surface area contributed by atoms with E-state index in [1.165, 1.54) is 5.56 Å². The SMILES string of the molecule is COCCNCc1c(C)nn(C)c1-n1cnc(C)c1C. The number of hydrogen-bond donors (Lipinski definition) is 1. The summed E-state index contributed by atoms with van der Waals surface area (Å²) in [6.45, 7) is 8.44. The zero-order valence-electron chi connectivity index (χ0n) is 12.9. The zero-order valence-corrected chi connectivity index (χ0v) is 12.9. The number of methoxy groups -OCH3 is 1. The van der Waals surface area contributed by atoms with Crippen LogP contribution in [0.4, 0.5) is 0 Å². The van der Waals surface area contributed by atoms with Crippen LogP contribution in [0.5, 0.6) is 0 Å².